The second-order valence-corrected chi connectivity index (χ2v) is 5.82. The van der Waals surface area contributed by atoms with Gasteiger partial charge in [0.2, 0.25) is 0 Å². The number of nitrogens with one attached hydrogen (secondary N) is 1. The normalized spacial score (nSPS) is 12.0. The van der Waals surface area contributed by atoms with E-state index in [1.54, 1.807) is 12.1 Å². The van der Waals surface area contributed by atoms with Crippen LogP contribution in [0.3, 0.4) is 0 Å². The van der Waals surface area contributed by atoms with Crippen LogP contribution in [0.5, 0.6) is 0 Å². The number of rotatable bonds is 6. The van der Waals surface area contributed by atoms with Crippen LogP contribution in [0.2, 0.25) is 0 Å². The van der Waals surface area contributed by atoms with Gasteiger partial charge >= 0.3 is 5.97 Å². The molecular formula is C18H22N2O3. The van der Waals surface area contributed by atoms with Crippen LogP contribution in [0, 0.1) is 5.92 Å². The zero-order valence-corrected chi connectivity index (χ0v) is 13.7. The van der Waals surface area contributed by atoms with Crippen molar-refractivity contribution >= 4 is 11.9 Å². The summed E-state index contributed by atoms with van der Waals surface area (Å²) in [5.41, 5.74) is 1.48. The lowest BCUT2D eigenvalue weighted by atomic mass is 10.0. The van der Waals surface area contributed by atoms with Gasteiger partial charge in [0, 0.05) is 23.6 Å². The summed E-state index contributed by atoms with van der Waals surface area (Å²) in [5, 5.41) is 2.75. The Morgan fingerprint density at radius 2 is 1.74 bits per heavy atom. The van der Waals surface area contributed by atoms with E-state index in [9.17, 15) is 9.59 Å². The monoisotopic (exact) mass is 314 g/mol. The fraction of sp³-hybridized carbons (Fsp3) is 0.333. The SMILES string of the molecule is COC(=O)C(CC(C)C)NC(=O)c1ccc(-n2cccc2)cc1. The van der Waals surface area contributed by atoms with E-state index in [0.29, 0.717) is 12.0 Å². The molecule has 1 unspecified atom stereocenters. The van der Waals surface area contributed by atoms with Crippen molar-refractivity contribution in [3.05, 3.63) is 54.4 Å². The van der Waals surface area contributed by atoms with Gasteiger partial charge in [-0.2, -0.15) is 0 Å². The highest BCUT2D eigenvalue weighted by Gasteiger charge is 2.23. The van der Waals surface area contributed by atoms with Gasteiger partial charge in [0.25, 0.3) is 5.91 Å². The summed E-state index contributed by atoms with van der Waals surface area (Å²) in [6.07, 6.45) is 4.41. The molecule has 0 bridgehead atoms. The van der Waals surface area contributed by atoms with Crippen molar-refractivity contribution in [2.24, 2.45) is 5.92 Å². The van der Waals surface area contributed by atoms with Gasteiger partial charge in [-0.05, 0) is 48.7 Å². The molecule has 1 aromatic heterocycles. The van der Waals surface area contributed by atoms with Crippen LogP contribution in [0.1, 0.15) is 30.6 Å². The van der Waals surface area contributed by atoms with Crippen molar-refractivity contribution in [1.29, 1.82) is 0 Å². The van der Waals surface area contributed by atoms with E-state index < -0.39 is 12.0 Å². The number of methoxy groups -OCH3 is 1. The van der Waals surface area contributed by atoms with E-state index in [-0.39, 0.29) is 11.8 Å². The van der Waals surface area contributed by atoms with E-state index >= 15 is 0 Å². The maximum Gasteiger partial charge on any atom is 0.328 e. The second-order valence-electron chi connectivity index (χ2n) is 5.82. The zero-order valence-electron chi connectivity index (χ0n) is 13.7. The number of hydrogen-bond acceptors (Lipinski definition) is 3. The first-order valence-electron chi connectivity index (χ1n) is 7.63. The lowest BCUT2D eigenvalue weighted by Crippen LogP contribution is -2.42. The molecule has 122 valence electrons. The Kier molecular flexibility index (Phi) is 5.57. The first kappa shape index (κ1) is 16.8. The lowest BCUT2D eigenvalue weighted by molar-refractivity contribution is -0.143. The number of aromatic nitrogens is 1. The highest BCUT2D eigenvalue weighted by atomic mass is 16.5. The predicted octanol–water partition coefficient (Wildman–Crippen LogP) is 2.79. The molecule has 0 aliphatic rings. The Bertz CT molecular complexity index is 645. The third-order valence-corrected chi connectivity index (χ3v) is 3.53. The minimum Gasteiger partial charge on any atom is -0.467 e. The summed E-state index contributed by atoms with van der Waals surface area (Å²) in [6, 6.07) is 10.5. The predicted molar refractivity (Wildman–Crippen MR) is 88.5 cm³/mol. The topological polar surface area (TPSA) is 60.3 Å². The number of esters is 1. The molecule has 0 radical (unpaired) electrons. The first-order valence-corrected chi connectivity index (χ1v) is 7.63. The summed E-state index contributed by atoms with van der Waals surface area (Å²) in [4.78, 5) is 24.1. The summed E-state index contributed by atoms with van der Waals surface area (Å²) in [7, 11) is 1.33. The molecule has 0 saturated heterocycles. The molecule has 1 N–H and O–H groups in total. The molecule has 0 fully saturated rings. The van der Waals surface area contributed by atoms with E-state index in [0.717, 1.165) is 5.69 Å². The Labute approximate surface area is 136 Å². The molecule has 0 saturated carbocycles. The van der Waals surface area contributed by atoms with Gasteiger partial charge < -0.3 is 14.6 Å². The van der Waals surface area contributed by atoms with Crippen molar-refractivity contribution in [3.8, 4) is 5.69 Å². The molecule has 5 heteroatoms. The van der Waals surface area contributed by atoms with Crippen LogP contribution < -0.4 is 5.32 Å². The van der Waals surface area contributed by atoms with Gasteiger partial charge in [-0.3, -0.25) is 4.79 Å². The maximum atomic E-state index is 12.3. The summed E-state index contributed by atoms with van der Waals surface area (Å²) >= 11 is 0. The molecule has 2 aromatic rings. The van der Waals surface area contributed by atoms with Gasteiger partial charge in [-0.15, -0.1) is 0 Å². The minimum atomic E-state index is -0.628. The van der Waals surface area contributed by atoms with Crippen molar-refractivity contribution in [3.63, 3.8) is 0 Å². The van der Waals surface area contributed by atoms with Gasteiger partial charge in [0.1, 0.15) is 6.04 Å². The molecule has 0 spiro atoms. The van der Waals surface area contributed by atoms with Crippen LogP contribution in [-0.2, 0) is 9.53 Å². The molecule has 23 heavy (non-hydrogen) atoms. The highest BCUT2D eigenvalue weighted by molar-refractivity contribution is 5.96. The fourth-order valence-electron chi connectivity index (χ4n) is 2.36. The molecular weight excluding hydrogens is 292 g/mol. The van der Waals surface area contributed by atoms with Crippen LogP contribution >= 0.6 is 0 Å². The molecule has 1 atom stereocenters. The quantitative estimate of drug-likeness (QED) is 0.834. The standard InChI is InChI=1S/C18H22N2O3/c1-13(2)12-16(18(22)23-3)19-17(21)14-6-8-15(9-7-14)20-10-4-5-11-20/h4-11,13,16H,12H2,1-3H3,(H,19,21). The van der Waals surface area contributed by atoms with E-state index in [1.165, 1.54) is 7.11 Å². The number of ether oxygens (including phenoxy) is 1. The minimum absolute atomic E-state index is 0.274. The average molecular weight is 314 g/mol. The van der Waals surface area contributed by atoms with Crippen molar-refractivity contribution in [2.45, 2.75) is 26.3 Å². The number of hydrogen-bond donors (Lipinski definition) is 1. The van der Waals surface area contributed by atoms with E-state index in [1.807, 2.05) is 55.1 Å². The summed E-state index contributed by atoms with van der Waals surface area (Å²) < 4.78 is 6.72. The van der Waals surface area contributed by atoms with Crippen LogP contribution in [0.4, 0.5) is 0 Å². The highest BCUT2D eigenvalue weighted by Crippen LogP contribution is 2.12. The molecule has 0 aliphatic heterocycles. The Morgan fingerprint density at radius 3 is 2.26 bits per heavy atom. The van der Waals surface area contributed by atoms with E-state index in [4.69, 9.17) is 4.74 Å². The number of benzene rings is 1. The van der Waals surface area contributed by atoms with Gasteiger partial charge in [-0.1, -0.05) is 13.8 Å². The molecule has 0 aliphatic carbocycles. The Balaban J connectivity index is 2.08. The van der Waals surface area contributed by atoms with Gasteiger partial charge in [0.15, 0.2) is 0 Å². The maximum absolute atomic E-state index is 12.3. The van der Waals surface area contributed by atoms with Crippen LogP contribution in [0.15, 0.2) is 48.8 Å². The van der Waals surface area contributed by atoms with Crippen molar-refractivity contribution in [2.75, 3.05) is 7.11 Å². The third-order valence-electron chi connectivity index (χ3n) is 3.53. The Hall–Kier alpha value is -2.56. The van der Waals surface area contributed by atoms with Crippen molar-refractivity contribution in [1.82, 2.24) is 9.88 Å². The van der Waals surface area contributed by atoms with Crippen LogP contribution in [0.25, 0.3) is 5.69 Å². The number of nitrogens with zero attached hydrogens (tertiary/aromatic N) is 1. The molecule has 5 nitrogen and oxygen atoms in total. The molecule has 1 heterocycles. The van der Waals surface area contributed by atoms with Crippen molar-refractivity contribution < 1.29 is 14.3 Å². The lowest BCUT2D eigenvalue weighted by Gasteiger charge is -2.18. The largest absolute Gasteiger partial charge is 0.467 e. The number of carbonyl (C=O) groups is 2. The van der Waals surface area contributed by atoms with Gasteiger partial charge in [0.05, 0.1) is 7.11 Å². The second kappa shape index (κ2) is 7.63. The van der Waals surface area contributed by atoms with E-state index in [2.05, 4.69) is 5.32 Å². The molecule has 1 amide bonds. The number of carbonyl (C=O) groups excluding carboxylic acids is 2. The van der Waals surface area contributed by atoms with Crippen LogP contribution in [-0.4, -0.2) is 29.6 Å². The zero-order chi connectivity index (χ0) is 16.8. The molecule has 2 rings (SSSR count). The first-order chi connectivity index (χ1) is 11.0. The summed E-state index contributed by atoms with van der Waals surface area (Å²) in [5.74, 6) is -0.424. The van der Waals surface area contributed by atoms with Gasteiger partial charge in [-0.25, -0.2) is 4.79 Å². The fourth-order valence-corrected chi connectivity index (χ4v) is 2.36. The third kappa shape index (κ3) is 4.45. The smallest absolute Gasteiger partial charge is 0.328 e. The Morgan fingerprint density at radius 1 is 1.13 bits per heavy atom. The molecule has 1 aromatic carbocycles. The summed E-state index contributed by atoms with van der Waals surface area (Å²) in [6.45, 7) is 3.99. The number of amides is 1. The average Bonchev–Trinajstić information content (AvgIpc) is 3.07.